The summed E-state index contributed by atoms with van der Waals surface area (Å²) in [5.41, 5.74) is 2.58. The third-order valence-corrected chi connectivity index (χ3v) is 3.36. The Morgan fingerprint density at radius 1 is 1.33 bits per heavy atom. The first-order valence-electron chi connectivity index (χ1n) is 6.98. The molecule has 0 bridgehead atoms. The summed E-state index contributed by atoms with van der Waals surface area (Å²) < 4.78 is 4.99. The van der Waals surface area contributed by atoms with Gasteiger partial charge in [-0.1, -0.05) is 35.0 Å². The minimum absolute atomic E-state index is 0.199. The first-order chi connectivity index (χ1) is 10.0. The highest BCUT2D eigenvalue weighted by Gasteiger charge is 2.21. The Balaban J connectivity index is 2.08. The van der Waals surface area contributed by atoms with Crippen molar-refractivity contribution in [2.24, 2.45) is 0 Å². The van der Waals surface area contributed by atoms with Gasteiger partial charge in [-0.15, -0.1) is 0 Å². The lowest BCUT2D eigenvalue weighted by Crippen LogP contribution is -2.34. The molecule has 2 aromatic rings. The molecule has 1 aromatic carbocycles. The second kappa shape index (κ2) is 6.54. The van der Waals surface area contributed by atoms with Gasteiger partial charge in [0.25, 0.3) is 5.91 Å². The van der Waals surface area contributed by atoms with Crippen LogP contribution in [0.1, 0.15) is 40.4 Å². The molecular weight excluding hydrogens is 268 g/mol. The van der Waals surface area contributed by atoms with Crippen LogP contribution in [0.15, 0.2) is 34.9 Å². The summed E-state index contributed by atoms with van der Waals surface area (Å²) in [5.74, 6) is -0.0604. The van der Waals surface area contributed by atoms with Gasteiger partial charge in [0.1, 0.15) is 0 Å². The lowest BCUT2D eigenvalue weighted by Gasteiger charge is -2.23. The van der Waals surface area contributed by atoms with E-state index in [4.69, 9.17) is 4.52 Å². The number of rotatable bonds is 5. The molecule has 0 spiro atoms. The summed E-state index contributed by atoms with van der Waals surface area (Å²) in [7, 11) is 0. The highest BCUT2D eigenvalue weighted by Crippen LogP contribution is 2.16. The first kappa shape index (κ1) is 15.3. The fourth-order valence-electron chi connectivity index (χ4n) is 2.08. The molecule has 0 aliphatic carbocycles. The Morgan fingerprint density at radius 3 is 2.52 bits per heavy atom. The molecule has 1 atom stereocenters. The molecular formula is C16H20N2O3. The molecule has 112 valence electrons. The summed E-state index contributed by atoms with van der Waals surface area (Å²) in [5, 5.41) is 14.0. The van der Waals surface area contributed by atoms with E-state index in [0.717, 1.165) is 11.1 Å². The molecule has 0 fully saturated rings. The topological polar surface area (TPSA) is 66.6 Å². The fraction of sp³-hybridized carbons (Fsp3) is 0.375. The van der Waals surface area contributed by atoms with E-state index < -0.39 is 6.10 Å². The normalized spacial score (nSPS) is 12.2. The fourth-order valence-corrected chi connectivity index (χ4v) is 2.08. The molecule has 5 nitrogen and oxygen atoms in total. The maximum atomic E-state index is 12.3. The summed E-state index contributed by atoms with van der Waals surface area (Å²) in [6.45, 7) is 6.32. The molecule has 1 N–H and O–H groups in total. The standard InChI is InChI=1S/C16H20N2O3/c1-4-18(16(20)15-9-12(3)17-21-15)10-14(19)13-7-5-11(2)6-8-13/h5-9,14,19H,4,10H2,1-3H3. The van der Waals surface area contributed by atoms with Crippen LogP contribution in [0.2, 0.25) is 0 Å². The first-order valence-corrected chi connectivity index (χ1v) is 6.98. The van der Waals surface area contributed by atoms with Crippen molar-refractivity contribution in [2.45, 2.75) is 26.9 Å². The van der Waals surface area contributed by atoms with Crippen LogP contribution in [-0.2, 0) is 0 Å². The molecule has 1 aromatic heterocycles. The number of amides is 1. The molecule has 0 saturated carbocycles. The number of aryl methyl sites for hydroxylation is 2. The zero-order valence-corrected chi connectivity index (χ0v) is 12.5. The quantitative estimate of drug-likeness (QED) is 0.918. The largest absolute Gasteiger partial charge is 0.387 e. The van der Waals surface area contributed by atoms with Crippen molar-refractivity contribution in [3.63, 3.8) is 0 Å². The van der Waals surface area contributed by atoms with E-state index in [1.807, 2.05) is 38.1 Å². The zero-order chi connectivity index (χ0) is 15.4. The van der Waals surface area contributed by atoms with E-state index in [0.29, 0.717) is 12.2 Å². The van der Waals surface area contributed by atoms with Crippen LogP contribution in [0.25, 0.3) is 0 Å². The minimum atomic E-state index is -0.724. The Morgan fingerprint density at radius 2 is 2.00 bits per heavy atom. The average Bonchev–Trinajstić information content (AvgIpc) is 2.91. The number of benzene rings is 1. The SMILES string of the molecule is CCN(CC(O)c1ccc(C)cc1)C(=O)c1cc(C)no1. The van der Waals surface area contributed by atoms with Gasteiger partial charge in [0.15, 0.2) is 0 Å². The lowest BCUT2D eigenvalue weighted by molar-refractivity contribution is 0.0596. The maximum Gasteiger partial charge on any atom is 0.292 e. The molecule has 0 saturated heterocycles. The number of hydrogen-bond donors (Lipinski definition) is 1. The van der Waals surface area contributed by atoms with Crippen LogP contribution in [0.5, 0.6) is 0 Å². The van der Waals surface area contributed by atoms with Crippen LogP contribution in [0.3, 0.4) is 0 Å². The Hall–Kier alpha value is -2.14. The predicted molar refractivity (Wildman–Crippen MR) is 79.0 cm³/mol. The second-order valence-corrected chi connectivity index (χ2v) is 5.10. The molecule has 1 unspecified atom stereocenters. The molecule has 1 heterocycles. The third-order valence-electron chi connectivity index (χ3n) is 3.36. The van der Waals surface area contributed by atoms with Crippen molar-refractivity contribution >= 4 is 5.91 Å². The van der Waals surface area contributed by atoms with Crippen LogP contribution < -0.4 is 0 Å². The predicted octanol–water partition coefficient (Wildman–Crippen LogP) is 2.49. The highest BCUT2D eigenvalue weighted by atomic mass is 16.5. The van der Waals surface area contributed by atoms with Gasteiger partial charge in [-0.25, -0.2) is 0 Å². The van der Waals surface area contributed by atoms with E-state index in [9.17, 15) is 9.90 Å². The van der Waals surface area contributed by atoms with Gasteiger partial charge in [-0.05, 0) is 26.3 Å². The number of carbonyl (C=O) groups is 1. The Kier molecular flexibility index (Phi) is 4.75. The van der Waals surface area contributed by atoms with Gasteiger partial charge < -0.3 is 14.5 Å². The number of aromatic nitrogens is 1. The van der Waals surface area contributed by atoms with Gasteiger partial charge in [-0.2, -0.15) is 0 Å². The van der Waals surface area contributed by atoms with Crippen molar-refractivity contribution in [1.29, 1.82) is 0 Å². The number of nitrogens with zero attached hydrogens (tertiary/aromatic N) is 2. The van der Waals surface area contributed by atoms with Gasteiger partial charge in [0.2, 0.25) is 5.76 Å². The average molecular weight is 288 g/mol. The molecule has 5 heteroatoms. The van der Waals surface area contributed by atoms with Gasteiger partial charge in [-0.3, -0.25) is 4.79 Å². The van der Waals surface area contributed by atoms with Crippen LogP contribution in [0, 0.1) is 13.8 Å². The zero-order valence-electron chi connectivity index (χ0n) is 12.5. The highest BCUT2D eigenvalue weighted by molar-refractivity contribution is 5.91. The van der Waals surface area contributed by atoms with Crippen LogP contribution >= 0.6 is 0 Å². The Labute approximate surface area is 124 Å². The van der Waals surface area contributed by atoms with E-state index in [1.165, 1.54) is 0 Å². The number of likely N-dealkylation sites (N-methyl/N-ethyl adjacent to an activating group) is 1. The molecule has 2 rings (SSSR count). The molecule has 21 heavy (non-hydrogen) atoms. The van der Waals surface area contributed by atoms with E-state index in [-0.39, 0.29) is 18.2 Å². The minimum Gasteiger partial charge on any atom is -0.387 e. The summed E-state index contributed by atoms with van der Waals surface area (Å²) in [6, 6.07) is 9.23. The van der Waals surface area contributed by atoms with E-state index in [1.54, 1.807) is 17.9 Å². The summed E-state index contributed by atoms with van der Waals surface area (Å²) in [4.78, 5) is 13.8. The van der Waals surface area contributed by atoms with Gasteiger partial charge in [0.05, 0.1) is 18.3 Å². The van der Waals surface area contributed by atoms with E-state index >= 15 is 0 Å². The third kappa shape index (κ3) is 3.70. The van der Waals surface area contributed by atoms with Crippen molar-refractivity contribution in [1.82, 2.24) is 10.1 Å². The molecule has 1 amide bonds. The summed E-state index contributed by atoms with van der Waals surface area (Å²) in [6.07, 6.45) is -0.724. The van der Waals surface area contributed by atoms with Crippen molar-refractivity contribution < 1.29 is 14.4 Å². The molecule has 0 aliphatic rings. The van der Waals surface area contributed by atoms with E-state index in [2.05, 4.69) is 5.16 Å². The van der Waals surface area contributed by atoms with Crippen LogP contribution in [0.4, 0.5) is 0 Å². The van der Waals surface area contributed by atoms with Crippen molar-refractivity contribution in [2.75, 3.05) is 13.1 Å². The Bertz CT molecular complexity index is 604. The molecule has 0 radical (unpaired) electrons. The van der Waals surface area contributed by atoms with Gasteiger partial charge >= 0.3 is 0 Å². The smallest absolute Gasteiger partial charge is 0.292 e. The maximum absolute atomic E-state index is 12.3. The number of carbonyl (C=O) groups excluding carboxylic acids is 1. The van der Waals surface area contributed by atoms with Crippen molar-refractivity contribution in [3.8, 4) is 0 Å². The van der Waals surface area contributed by atoms with Gasteiger partial charge in [0, 0.05) is 12.6 Å². The monoisotopic (exact) mass is 288 g/mol. The number of hydrogen-bond acceptors (Lipinski definition) is 4. The van der Waals surface area contributed by atoms with Crippen molar-refractivity contribution in [3.05, 3.63) is 52.9 Å². The number of aliphatic hydroxyl groups is 1. The van der Waals surface area contributed by atoms with Crippen LogP contribution in [-0.4, -0.2) is 34.2 Å². The molecule has 0 aliphatic heterocycles. The number of aliphatic hydroxyl groups excluding tert-OH is 1. The second-order valence-electron chi connectivity index (χ2n) is 5.10. The summed E-state index contributed by atoms with van der Waals surface area (Å²) >= 11 is 0. The lowest BCUT2D eigenvalue weighted by atomic mass is 10.1.